The van der Waals surface area contributed by atoms with Gasteiger partial charge >= 0.3 is 5.97 Å². The van der Waals surface area contributed by atoms with Gasteiger partial charge in [-0.05, 0) is 25.0 Å². The monoisotopic (exact) mass is 238 g/mol. The first-order valence-electron chi connectivity index (χ1n) is 4.90. The van der Waals surface area contributed by atoms with Gasteiger partial charge in [0.1, 0.15) is 11.1 Å². The number of hydrogen-bond acceptors (Lipinski definition) is 2. The van der Waals surface area contributed by atoms with Crippen molar-refractivity contribution in [2.45, 2.75) is 18.3 Å². The summed E-state index contributed by atoms with van der Waals surface area (Å²) in [5, 5.41) is 9.13. The zero-order chi connectivity index (χ0) is 10.5. The summed E-state index contributed by atoms with van der Waals surface area (Å²) < 4.78 is 1.86. The van der Waals surface area contributed by atoms with Crippen molar-refractivity contribution in [2.24, 2.45) is 0 Å². The Morgan fingerprint density at radius 1 is 1.44 bits per heavy atom. The van der Waals surface area contributed by atoms with E-state index in [0.29, 0.717) is 18.5 Å². The molecule has 0 aromatic carbocycles. The number of halogens is 1. The number of aliphatic carboxylic acids is 1. The van der Waals surface area contributed by atoms with Gasteiger partial charge in [-0.2, -0.15) is 0 Å². The molecule has 16 heavy (non-hydrogen) atoms. The fourth-order valence-electron chi connectivity index (χ4n) is 1.87. The minimum atomic E-state index is -0.758. The molecule has 84 valence electrons. The van der Waals surface area contributed by atoms with Gasteiger partial charge in [-0.3, -0.25) is 4.79 Å². The molecule has 0 spiro atoms. The third kappa shape index (κ3) is 1.38. The summed E-state index contributed by atoms with van der Waals surface area (Å²) >= 11 is 0. The van der Waals surface area contributed by atoms with E-state index in [1.165, 1.54) is 0 Å². The Kier molecular flexibility index (Phi) is 2.39. The highest BCUT2D eigenvalue weighted by Crippen LogP contribution is 2.47. The van der Waals surface area contributed by atoms with Gasteiger partial charge in [-0.15, -0.1) is 12.4 Å². The van der Waals surface area contributed by atoms with E-state index in [-0.39, 0.29) is 12.4 Å². The number of imidazole rings is 1. The fourth-order valence-corrected chi connectivity index (χ4v) is 1.87. The quantitative estimate of drug-likeness (QED) is 0.869. The number of nitrogens with zero attached hydrogens (tertiary/aromatic N) is 2. The molecule has 2 aromatic heterocycles. The average Bonchev–Trinajstić information content (AvgIpc) is 2.93. The van der Waals surface area contributed by atoms with Crippen LogP contribution >= 0.6 is 12.4 Å². The van der Waals surface area contributed by atoms with Gasteiger partial charge in [-0.25, -0.2) is 4.98 Å². The molecule has 0 amide bonds. The van der Waals surface area contributed by atoms with E-state index in [0.717, 1.165) is 5.65 Å². The molecule has 2 heterocycles. The maximum absolute atomic E-state index is 11.1. The maximum Gasteiger partial charge on any atom is 0.315 e. The van der Waals surface area contributed by atoms with Crippen LogP contribution in [0.1, 0.15) is 18.5 Å². The Labute approximate surface area is 98.3 Å². The van der Waals surface area contributed by atoms with E-state index in [4.69, 9.17) is 5.11 Å². The Morgan fingerprint density at radius 3 is 2.75 bits per heavy atom. The third-order valence-electron chi connectivity index (χ3n) is 3.01. The van der Waals surface area contributed by atoms with Crippen molar-refractivity contribution in [1.29, 1.82) is 0 Å². The van der Waals surface area contributed by atoms with E-state index in [2.05, 4.69) is 4.98 Å². The number of rotatable bonds is 2. The predicted molar refractivity (Wildman–Crippen MR) is 61.0 cm³/mol. The summed E-state index contributed by atoms with van der Waals surface area (Å²) in [5.41, 5.74) is 0.785. The molecule has 5 heteroatoms. The molecule has 1 aliphatic rings. The third-order valence-corrected chi connectivity index (χ3v) is 3.01. The standard InChI is InChI=1S/C11H10N2O2.ClH/c14-10(15)11(4-5-11)8-7-13-6-2-1-3-9(13)12-8;/h1-3,6-7H,4-5H2,(H,14,15);1H. The Balaban J connectivity index is 0.000000963. The second kappa shape index (κ2) is 3.49. The molecule has 0 unspecified atom stereocenters. The lowest BCUT2D eigenvalue weighted by atomic mass is 10.0. The minimum Gasteiger partial charge on any atom is -0.481 e. The normalized spacial score (nSPS) is 16.8. The summed E-state index contributed by atoms with van der Waals surface area (Å²) in [4.78, 5) is 15.5. The molecule has 4 nitrogen and oxygen atoms in total. The Bertz CT molecular complexity index is 513. The summed E-state index contributed by atoms with van der Waals surface area (Å²) in [6, 6.07) is 5.67. The summed E-state index contributed by atoms with van der Waals surface area (Å²) in [5.74, 6) is -0.758. The van der Waals surface area contributed by atoms with Crippen molar-refractivity contribution >= 4 is 24.0 Å². The lowest BCUT2D eigenvalue weighted by Gasteiger charge is -2.03. The number of carbonyl (C=O) groups is 1. The second-order valence-corrected chi connectivity index (χ2v) is 3.98. The minimum absolute atomic E-state index is 0. The number of pyridine rings is 1. The van der Waals surface area contributed by atoms with Crippen LogP contribution in [0.2, 0.25) is 0 Å². The molecule has 0 saturated heterocycles. The zero-order valence-electron chi connectivity index (χ0n) is 8.46. The molecule has 3 rings (SSSR count). The maximum atomic E-state index is 11.1. The van der Waals surface area contributed by atoms with Gasteiger partial charge in [0.25, 0.3) is 0 Å². The first-order valence-corrected chi connectivity index (χ1v) is 4.90. The largest absolute Gasteiger partial charge is 0.481 e. The Hall–Kier alpha value is -1.55. The highest BCUT2D eigenvalue weighted by Gasteiger charge is 2.53. The van der Waals surface area contributed by atoms with Crippen LogP contribution in [-0.2, 0) is 10.2 Å². The molecule has 1 saturated carbocycles. The van der Waals surface area contributed by atoms with E-state index in [1.54, 1.807) is 0 Å². The first-order chi connectivity index (χ1) is 7.22. The lowest BCUT2D eigenvalue weighted by molar-refractivity contribution is -0.140. The second-order valence-electron chi connectivity index (χ2n) is 3.98. The van der Waals surface area contributed by atoms with Crippen molar-refractivity contribution < 1.29 is 9.90 Å². The van der Waals surface area contributed by atoms with Crippen molar-refractivity contribution in [3.63, 3.8) is 0 Å². The van der Waals surface area contributed by atoms with Crippen LogP contribution in [-0.4, -0.2) is 20.5 Å². The molecule has 1 aliphatic carbocycles. The molecular formula is C11H11ClN2O2. The van der Waals surface area contributed by atoms with Crippen LogP contribution in [0.3, 0.4) is 0 Å². The predicted octanol–water partition coefficient (Wildman–Crippen LogP) is 1.87. The molecule has 0 aliphatic heterocycles. The number of aromatic nitrogens is 2. The number of hydrogen-bond donors (Lipinski definition) is 1. The number of carboxylic acids is 1. The SMILES string of the molecule is Cl.O=C(O)C1(c2cn3ccccc3n2)CC1. The summed E-state index contributed by atoms with van der Waals surface area (Å²) in [6.45, 7) is 0. The molecular weight excluding hydrogens is 228 g/mol. The van der Waals surface area contributed by atoms with Gasteiger partial charge in [0.2, 0.25) is 0 Å². The van der Waals surface area contributed by atoms with Crippen molar-refractivity contribution in [2.75, 3.05) is 0 Å². The van der Waals surface area contributed by atoms with Crippen LogP contribution in [0.25, 0.3) is 5.65 Å². The van der Waals surface area contributed by atoms with E-state index < -0.39 is 11.4 Å². The molecule has 0 radical (unpaired) electrons. The fraction of sp³-hybridized carbons (Fsp3) is 0.273. The van der Waals surface area contributed by atoms with Crippen LogP contribution in [0.5, 0.6) is 0 Å². The van der Waals surface area contributed by atoms with Gasteiger partial charge in [0, 0.05) is 12.4 Å². The summed E-state index contributed by atoms with van der Waals surface area (Å²) in [7, 11) is 0. The van der Waals surface area contributed by atoms with Crippen molar-refractivity contribution in [3.05, 3.63) is 36.3 Å². The van der Waals surface area contributed by atoms with Crippen molar-refractivity contribution in [1.82, 2.24) is 9.38 Å². The van der Waals surface area contributed by atoms with Gasteiger partial charge in [0.15, 0.2) is 0 Å². The topological polar surface area (TPSA) is 54.6 Å². The van der Waals surface area contributed by atoms with Gasteiger partial charge < -0.3 is 9.51 Å². The van der Waals surface area contributed by atoms with Crippen molar-refractivity contribution in [3.8, 4) is 0 Å². The molecule has 1 N–H and O–H groups in total. The van der Waals surface area contributed by atoms with E-state index in [1.807, 2.05) is 35.0 Å². The highest BCUT2D eigenvalue weighted by atomic mass is 35.5. The lowest BCUT2D eigenvalue weighted by Crippen LogP contribution is -2.19. The molecule has 1 fully saturated rings. The van der Waals surface area contributed by atoms with Gasteiger partial charge in [-0.1, -0.05) is 6.07 Å². The highest BCUT2D eigenvalue weighted by molar-refractivity contribution is 5.85. The number of fused-ring (bicyclic) bond motifs is 1. The van der Waals surface area contributed by atoms with E-state index in [9.17, 15) is 4.79 Å². The Morgan fingerprint density at radius 2 is 2.19 bits per heavy atom. The molecule has 2 aromatic rings. The van der Waals surface area contributed by atoms with Crippen LogP contribution in [0, 0.1) is 0 Å². The van der Waals surface area contributed by atoms with Crippen LogP contribution < -0.4 is 0 Å². The zero-order valence-corrected chi connectivity index (χ0v) is 9.28. The van der Waals surface area contributed by atoms with Crippen LogP contribution in [0.15, 0.2) is 30.6 Å². The smallest absolute Gasteiger partial charge is 0.315 e. The first kappa shape index (κ1) is 11.0. The molecule has 0 atom stereocenters. The average molecular weight is 239 g/mol. The summed E-state index contributed by atoms with van der Waals surface area (Å²) in [6.07, 6.45) is 5.10. The van der Waals surface area contributed by atoms with E-state index >= 15 is 0 Å². The van der Waals surface area contributed by atoms with Crippen LogP contribution in [0.4, 0.5) is 0 Å². The molecule has 0 bridgehead atoms. The van der Waals surface area contributed by atoms with Gasteiger partial charge in [0.05, 0.1) is 5.69 Å². The number of carboxylic acid groups (broad SMARTS) is 1.